The van der Waals surface area contributed by atoms with Crippen LogP contribution in [0.1, 0.15) is 30.5 Å². The van der Waals surface area contributed by atoms with Crippen LogP contribution in [0.3, 0.4) is 0 Å². The van der Waals surface area contributed by atoms with E-state index in [0.29, 0.717) is 17.8 Å². The summed E-state index contributed by atoms with van der Waals surface area (Å²) in [5, 5.41) is 9.07. The van der Waals surface area contributed by atoms with Gasteiger partial charge < -0.3 is 19.0 Å². The molecule has 0 radical (unpaired) electrons. The molecule has 1 N–H and O–H groups in total. The first-order valence-electron chi connectivity index (χ1n) is 12.1. The number of pyridine rings is 2. The number of esters is 1. The summed E-state index contributed by atoms with van der Waals surface area (Å²) in [4.78, 5) is 41.5. The van der Waals surface area contributed by atoms with Crippen LogP contribution in [-0.4, -0.2) is 38.7 Å². The number of carboxylic acid groups (broad SMARTS) is 1. The molecule has 1 aliphatic rings. The molecular weight excluding hydrogens is 500 g/mol. The molecule has 0 unspecified atom stereocenters. The van der Waals surface area contributed by atoms with E-state index in [2.05, 4.69) is 9.97 Å². The van der Waals surface area contributed by atoms with Crippen molar-refractivity contribution in [3.8, 4) is 5.75 Å². The fourth-order valence-electron chi connectivity index (χ4n) is 3.84. The monoisotopic (exact) mass is 526 g/mol. The molecule has 198 valence electrons. The maximum absolute atomic E-state index is 12.3. The summed E-state index contributed by atoms with van der Waals surface area (Å²) in [6, 6.07) is 13.8. The fraction of sp³-hybridized carbons (Fsp3) is 0.167. The number of fused-ring (bicyclic) bond motifs is 2. The van der Waals surface area contributed by atoms with Crippen molar-refractivity contribution in [2.45, 2.75) is 32.0 Å². The van der Waals surface area contributed by atoms with Gasteiger partial charge in [-0.25, -0.2) is 14.4 Å². The summed E-state index contributed by atoms with van der Waals surface area (Å²) in [6.45, 7) is 3.73. The summed E-state index contributed by atoms with van der Waals surface area (Å²) in [5.41, 5.74) is 1.94. The predicted octanol–water partition coefficient (Wildman–Crippen LogP) is 4.71. The molecule has 0 saturated heterocycles. The Labute approximate surface area is 224 Å². The van der Waals surface area contributed by atoms with Gasteiger partial charge in [0.1, 0.15) is 23.0 Å². The molecule has 0 saturated carbocycles. The lowest BCUT2D eigenvalue weighted by Crippen LogP contribution is -2.48. The summed E-state index contributed by atoms with van der Waals surface area (Å²) < 4.78 is 17.0. The number of carbonyl (C=O) groups excluding carboxylic acids is 1. The number of carbonyl (C=O) groups is 2. The van der Waals surface area contributed by atoms with Crippen LogP contribution in [0.2, 0.25) is 0 Å². The number of carboxylic acids is 1. The standard InChI is InChI=1S/C22H19NO5.C8H7NO2/c1-22(2)19(27-21(25)5-3-14-7-9-23-10-8-14)12-16-11-15-4-6-20(24)26-17(15)13-18(16)28-22;10-8(11)2-1-7-3-5-9-6-4-7/h3-11,13,19H,12H2,1-2H3;1-6H,(H,10,11)/b5-3+;2-1+/t19-;/m0./s1. The van der Waals surface area contributed by atoms with Crippen LogP contribution in [-0.2, 0) is 20.7 Å². The summed E-state index contributed by atoms with van der Waals surface area (Å²) >= 11 is 0. The van der Waals surface area contributed by atoms with Crippen LogP contribution in [0.5, 0.6) is 5.75 Å². The van der Waals surface area contributed by atoms with Crippen LogP contribution >= 0.6 is 0 Å². The molecule has 4 heterocycles. The SMILES string of the molecule is CC1(C)Oc2cc3oc(=O)ccc3cc2C[C@@H]1OC(=O)/C=C/c1ccncc1.O=C(O)/C=C/c1ccncc1. The van der Waals surface area contributed by atoms with Gasteiger partial charge in [-0.3, -0.25) is 9.97 Å². The fourth-order valence-corrected chi connectivity index (χ4v) is 3.84. The van der Waals surface area contributed by atoms with Gasteiger partial charge in [0.2, 0.25) is 0 Å². The van der Waals surface area contributed by atoms with Crippen LogP contribution in [0, 0.1) is 0 Å². The van der Waals surface area contributed by atoms with Crippen LogP contribution < -0.4 is 10.4 Å². The Bertz CT molecular complexity index is 1580. The first-order chi connectivity index (χ1) is 18.7. The zero-order valence-corrected chi connectivity index (χ0v) is 21.3. The first-order valence-corrected chi connectivity index (χ1v) is 12.1. The Morgan fingerprint density at radius 2 is 1.56 bits per heavy atom. The quantitative estimate of drug-likeness (QED) is 0.223. The van der Waals surface area contributed by atoms with Crippen molar-refractivity contribution in [1.82, 2.24) is 9.97 Å². The molecule has 0 fully saturated rings. The molecule has 1 aliphatic heterocycles. The molecule has 5 rings (SSSR count). The average Bonchev–Trinajstić information content (AvgIpc) is 2.91. The minimum atomic E-state index is -0.943. The maximum atomic E-state index is 12.3. The molecule has 0 bridgehead atoms. The smallest absolute Gasteiger partial charge is 0.336 e. The highest BCUT2D eigenvalue weighted by Crippen LogP contribution is 2.37. The molecule has 3 aromatic heterocycles. The van der Waals surface area contributed by atoms with Crippen molar-refractivity contribution in [1.29, 1.82) is 0 Å². The van der Waals surface area contributed by atoms with Crippen molar-refractivity contribution in [2.24, 2.45) is 0 Å². The molecular formula is C30H26N2O7. The van der Waals surface area contributed by atoms with E-state index in [0.717, 1.165) is 28.2 Å². The summed E-state index contributed by atoms with van der Waals surface area (Å²) in [7, 11) is 0. The maximum Gasteiger partial charge on any atom is 0.336 e. The second-order valence-electron chi connectivity index (χ2n) is 9.15. The molecule has 0 aliphatic carbocycles. The van der Waals surface area contributed by atoms with Gasteiger partial charge in [-0.2, -0.15) is 0 Å². The number of nitrogens with zero attached hydrogens (tertiary/aromatic N) is 2. The van der Waals surface area contributed by atoms with Gasteiger partial charge in [0, 0.05) is 60.9 Å². The summed E-state index contributed by atoms with van der Waals surface area (Å²) in [5.74, 6) is -0.748. The van der Waals surface area contributed by atoms with E-state index in [-0.39, 0.29) is 0 Å². The molecule has 4 aromatic rings. The zero-order chi connectivity index (χ0) is 27.8. The lowest BCUT2D eigenvalue weighted by molar-refractivity contribution is -0.155. The van der Waals surface area contributed by atoms with Crippen molar-refractivity contribution in [3.63, 3.8) is 0 Å². The number of hydrogen-bond acceptors (Lipinski definition) is 8. The van der Waals surface area contributed by atoms with E-state index in [1.165, 1.54) is 18.2 Å². The Morgan fingerprint density at radius 1 is 0.949 bits per heavy atom. The van der Waals surface area contributed by atoms with Gasteiger partial charge in [0.25, 0.3) is 0 Å². The van der Waals surface area contributed by atoms with E-state index in [4.69, 9.17) is 19.0 Å². The average molecular weight is 527 g/mol. The molecule has 1 atom stereocenters. The molecule has 1 aromatic carbocycles. The number of benzene rings is 1. The Morgan fingerprint density at radius 3 is 2.18 bits per heavy atom. The van der Waals surface area contributed by atoms with Gasteiger partial charge >= 0.3 is 17.6 Å². The van der Waals surface area contributed by atoms with Gasteiger partial charge in [0.15, 0.2) is 0 Å². The van der Waals surface area contributed by atoms with Gasteiger partial charge in [-0.05, 0) is 79.1 Å². The first kappa shape index (κ1) is 27.0. The molecule has 39 heavy (non-hydrogen) atoms. The van der Waals surface area contributed by atoms with E-state index < -0.39 is 29.3 Å². The second-order valence-corrected chi connectivity index (χ2v) is 9.15. The largest absolute Gasteiger partial charge is 0.484 e. The second kappa shape index (κ2) is 12.0. The number of rotatable bonds is 5. The highest BCUT2D eigenvalue weighted by molar-refractivity contribution is 5.87. The minimum absolute atomic E-state index is 0.407. The third-order valence-corrected chi connectivity index (χ3v) is 5.86. The van der Waals surface area contributed by atoms with Gasteiger partial charge in [-0.1, -0.05) is 0 Å². The molecule has 0 amide bonds. The van der Waals surface area contributed by atoms with E-state index in [1.807, 2.05) is 19.9 Å². The predicted molar refractivity (Wildman–Crippen MR) is 145 cm³/mol. The van der Waals surface area contributed by atoms with E-state index in [9.17, 15) is 14.4 Å². The molecule has 9 nitrogen and oxygen atoms in total. The van der Waals surface area contributed by atoms with E-state index in [1.54, 1.807) is 67.3 Å². The number of aliphatic carboxylic acids is 1. The van der Waals surface area contributed by atoms with Crippen molar-refractivity contribution < 1.29 is 28.6 Å². The Hall–Kier alpha value is -5.05. The van der Waals surface area contributed by atoms with Crippen LogP contribution in [0.15, 0.2) is 94.7 Å². The highest BCUT2D eigenvalue weighted by atomic mass is 16.6. The third-order valence-electron chi connectivity index (χ3n) is 5.86. The topological polar surface area (TPSA) is 129 Å². The van der Waals surface area contributed by atoms with Crippen molar-refractivity contribution in [3.05, 3.63) is 113 Å². The zero-order valence-electron chi connectivity index (χ0n) is 21.3. The lowest BCUT2D eigenvalue weighted by atomic mass is 9.90. The van der Waals surface area contributed by atoms with E-state index >= 15 is 0 Å². The van der Waals surface area contributed by atoms with Crippen LogP contribution in [0.4, 0.5) is 0 Å². The minimum Gasteiger partial charge on any atom is -0.484 e. The Balaban J connectivity index is 0.000000270. The van der Waals surface area contributed by atoms with Crippen LogP contribution in [0.25, 0.3) is 23.1 Å². The van der Waals surface area contributed by atoms with Crippen molar-refractivity contribution in [2.75, 3.05) is 0 Å². The van der Waals surface area contributed by atoms with Gasteiger partial charge in [0.05, 0.1) is 0 Å². The van der Waals surface area contributed by atoms with Gasteiger partial charge in [-0.15, -0.1) is 0 Å². The Kier molecular flexibility index (Phi) is 8.30. The summed E-state index contributed by atoms with van der Waals surface area (Å²) in [6.07, 6.45) is 12.3. The lowest BCUT2D eigenvalue weighted by Gasteiger charge is -2.39. The number of hydrogen-bond donors (Lipinski definition) is 1. The normalized spacial score (nSPS) is 15.7. The molecule has 0 spiro atoms. The third kappa shape index (κ3) is 7.48. The number of ether oxygens (including phenoxy) is 2. The number of aromatic nitrogens is 2. The molecule has 9 heteroatoms. The van der Waals surface area contributed by atoms with Crippen molar-refractivity contribution >= 4 is 35.1 Å². The highest BCUT2D eigenvalue weighted by Gasteiger charge is 2.39.